The van der Waals surface area contributed by atoms with E-state index in [0.29, 0.717) is 12.4 Å². The minimum Gasteiger partial charge on any atom is -0.380 e. The van der Waals surface area contributed by atoms with Crippen molar-refractivity contribution in [3.63, 3.8) is 0 Å². The van der Waals surface area contributed by atoms with Gasteiger partial charge in [0.25, 0.3) is 5.56 Å². The summed E-state index contributed by atoms with van der Waals surface area (Å²) in [5, 5.41) is 8.79. The second-order valence-corrected chi connectivity index (χ2v) is 6.68. The standard InChI is InChI=1S/C17H21N7O2/c1-21-14(8-15(25)22(2)17(21)26)24-7-5-11(10-24)20-13-4-6-18-16-12(13)9-19-23(16)3/h4,6,8-9,11H,5,7,10H2,1-3H3,(H,18,20)/t11-/m1/s1. The number of nitrogens with zero attached hydrogens (tertiary/aromatic N) is 6. The lowest BCUT2D eigenvalue weighted by Crippen LogP contribution is -2.40. The van der Waals surface area contributed by atoms with E-state index in [4.69, 9.17) is 0 Å². The second kappa shape index (κ2) is 6.01. The van der Waals surface area contributed by atoms with Gasteiger partial charge in [-0.15, -0.1) is 0 Å². The smallest absolute Gasteiger partial charge is 0.332 e. The first-order chi connectivity index (χ1) is 12.5. The molecule has 9 heteroatoms. The number of rotatable bonds is 3. The van der Waals surface area contributed by atoms with E-state index < -0.39 is 0 Å². The van der Waals surface area contributed by atoms with Crippen LogP contribution in [-0.2, 0) is 21.1 Å². The van der Waals surface area contributed by atoms with E-state index in [1.165, 1.54) is 17.7 Å². The summed E-state index contributed by atoms with van der Waals surface area (Å²) in [7, 11) is 5.05. The van der Waals surface area contributed by atoms with Crippen LogP contribution in [0.25, 0.3) is 11.0 Å². The van der Waals surface area contributed by atoms with Gasteiger partial charge in [0.05, 0.1) is 11.6 Å². The third-order valence-electron chi connectivity index (χ3n) is 5.01. The maximum absolute atomic E-state index is 12.2. The molecule has 4 heterocycles. The Bertz CT molecular complexity index is 1090. The van der Waals surface area contributed by atoms with Gasteiger partial charge in [0, 0.05) is 58.2 Å². The molecule has 3 aromatic rings. The molecule has 0 unspecified atom stereocenters. The highest BCUT2D eigenvalue weighted by molar-refractivity contribution is 5.88. The summed E-state index contributed by atoms with van der Waals surface area (Å²) in [5.74, 6) is 0.656. The van der Waals surface area contributed by atoms with E-state index in [1.807, 2.05) is 19.3 Å². The third-order valence-corrected chi connectivity index (χ3v) is 5.01. The number of hydrogen-bond donors (Lipinski definition) is 1. The van der Waals surface area contributed by atoms with Gasteiger partial charge in [-0.25, -0.2) is 9.78 Å². The van der Waals surface area contributed by atoms with Crippen molar-refractivity contribution >= 4 is 22.5 Å². The molecule has 136 valence electrons. The fourth-order valence-corrected chi connectivity index (χ4v) is 3.50. The number of hydrogen-bond acceptors (Lipinski definition) is 6. The molecule has 4 rings (SSSR count). The maximum atomic E-state index is 12.2. The molecular weight excluding hydrogens is 334 g/mol. The van der Waals surface area contributed by atoms with E-state index >= 15 is 0 Å². The molecule has 1 atom stereocenters. The van der Waals surface area contributed by atoms with Crippen LogP contribution < -0.4 is 21.5 Å². The van der Waals surface area contributed by atoms with E-state index in [1.54, 1.807) is 17.9 Å². The molecule has 3 aromatic heterocycles. The number of aromatic nitrogens is 5. The Hall–Kier alpha value is -3.10. The SMILES string of the molecule is Cn1c(N2CC[C@@H](Nc3ccnc4c3cnn4C)C2)cc(=O)n(C)c1=O. The van der Waals surface area contributed by atoms with Gasteiger partial charge in [-0.1, -0.05) is 0 Å². The van der Waals surface area contributed by atoms with Crippen molar-refractivity contribution in [2.45, 2.75) is 12.5 Å². The molecule has 1 aliphatic rings. The fourth-order valence-electron chi connectivity index (χ4n) is 3.50. The van der Waals surface area contributed by atoms with Crippen molar-refractivity contribution in [3.05, 3.63) is 45.4 Å². The molecule has 0 amide bonds. The van der Waals surface area contributed by atoms with Crippen LogP contribution in [-0.4, -0.2) is 43.0 Å². The fraction of sp³-hybridized carbons (Fsp3) is 0.412. The lowest BCUT2D eigenvalue weighted by molar-refractivity contribution is 0.672. The monoisotopic (exact) mass is 355 g/mol. The van der Waals surface area contributed by atoms with E-state index in [2.05, 4.69) is 20.3 Å². The topological polar surface area (TPSA) is 90.0 Å². The first-order valence-corrected chi connectivity index (χ1v) is 8.51. The zero-order chi connectivity index (χ0) is 18.4. The Morgan fingerprint density at radius 2 is 2.00 bits per heavy atom. The van der Waals surface area contributed by atoms with E-state index in [-0.39, 0.29) is 17.3 Å². The Balaban J connectivity index is 1.58. The minimum atomic E-state index is -0.310. The Morgan fingerprint density at radius 1 is 1.19 bits per heavy atom. The number of aryl methyl sites for hydroxylation is 1. The van der Waals surface area contributed by atoms with Crippen LogP contribution in [0.2, 0.25) is 0 Å². The van der Waals surface area contributed by atoms with Gasteiger partial charge in [-0.3, -0.25) is 18.6 Å². The molecule has 1 fully saturated rings. The van der Waals surface area contributed by atoms with Gasteiger partial charge >= 0.3 is 5.69 Å². The summed E-state index contributed by atoms with van der Waals surface area (Å²) in [5.41, 5.74) is 1.23. The van der Waals surface area contributed by atoms with Crippen molar-refractivity contribution < 1.29 is 0 Å². The lowest BCUT2D eigenvalue weighted by atomic mass is 10.2. The zero-order valence-electron chi connectivity index (χ0n) is 15.0. The predicted molar refractivity (Wildman–Crippen MR) is 99.7 cm³/mol. The van der Waals surface area contributed by atoms with Gasteiger partial charge in [0.1, 0.15) is 5.82 Å². The maximum Gasteiger partial charge on any atom is 0.332 e. The van der Waals surface area contributed by atoms with Crippen molar-refractivity contribution in [2.75, 3.05) is 23.3 Å². The molecular formula is C17H21N7O2. The highest BCUT2D eigenvalue weighted by Gasteiger charge is 2.25. The zero-order valence-corrected chi connectivity index (χ0v) is 15.0. The highest BCUT2D eigenvalue weighted by Crippen LogP contribution is 2.25. The molecule has 26 heavy (non-hydrogen) atoms. The normalized spacial score (nSPS) is 17.2. The minimum absolute atomic E-state index is 0.208. The first-order valence-electron chi connectivity index (χ1n) is 8.51. The molecule has 0 aromatic carbocycles. The average molecular weight is 355 g/mol. The molecule has 9 nitrogen and oxygen atoms in total. The van der Waals surface area contributed by atoms with E-state index in [0.717, 1.165) is 34.3 Å². The van der Waals surface area contributed by atoms with E-state index in [9.17, 15) is 9.59 Å². The Labute approximate surface area is 149 Å². The van der Waals surface area contributed by atoms with Gasteiger partial charge in [0.2, 0.25) is 0 Å². The number of pyridine rings is 1. The summed E-state index contributed by atoms with van der Waals surface area (Å²) in [6.07, 6.45) is 4.49. The van der Waals surface area contributed by atoms with Crippen LogP contribution in [0.3, 0.4) is 0 Å². The van der Waals surface area contributed by atoms with Crippen LogP contribution in [0.5, 0.6) is 0 Å². The average Bonchev–Trinajstić information content (AvgIpc) is 3.24. The molecule has 0 spiro atoms. The van der Waals surface area contributed by atoms with Crippen LogP contribution in [0.4, 0.5) is 11.5 Å². The molecule has 1 N–H and O–H groups in total. The van der Waals surface area contributed by atoms with Crippen molar-refractivity contribution in [2.24, 2.45) is 21.1 Å². The second-order valence-electron chi connectivity index (χ2n) is 6.68. The quantitative estimate of drug-likeness (QED) is 0.714. The highest BCUT2D eigenvalue weighted by atomic mass is 16.2. The Kier molecular flexibility index (Phi) is 3.78. The number of fused-ring (bicyclic) bond motifs is 1. The largest absolute Gasteiger partial charge is 0.380 e. The van der Waals surface area contributed by atoms with Crippen LogP contribution in [0, 0.1) is 0 Å². The number of anilines is 2. The molecule has 1 saturated heterocycles. The molecule has 0 radical (unpaired) electrons. The predicted octanol–water partition coefficient (Wildman–Crippen LogP) is 0.0565. The molecule has 0 saturated carbocycles. The van der Waals surface area contributed by atoms with Crippen LogP contribution in [0.15, 0.2) is 34.1 Å². The van der Waals surface area contributed by atoms with Crippen molar-refractivity contribution in [1.82, 2.24) is 23.9 Å². The number of nitrogens with one attached hydrogen (secondary N) is 1. The lowest BCUT2D eigenvalue weighted by Gasteiger charge is -2.22. The van der Waals surface area contributed by atoms with Crippen molar-refractivity contribution in [1.29, 1.82) is 0 Å². The van der Waals surface area contributed by atoms with Crippen LogP contribution >= 0.6 is 0 Å². The summed E-state index contributed by atoms with van der Waals surface area (Å²) >= 11 is 0. The van der Waals surface area contributed by atoms with Gasteiger partial charge in [-0.05, 0) is 12.5 Å². The van der Waals surface area contributed by atoms with Crippen molar-refractivity contribution in [3.8, 4) is 0 Å². The summed E-state index contributed by atoms with van der Waals surface area (Å²) < 4.78 is 4.39. The summed E-state index contributed by atoms with van der Waals surface area (Å²) in [6.45, 7) is 1.49. The molecule has 1 aliphatic heterocycles. The molecule has 0 aliphatic carbocycles. The third kappa shape index (κ3) is 2.56. The summed E-state index contributed by atoms with van der Waals surface area (Å²) in [4.78, 5) is 30.6. The van der Waals surface area contributed by atoms with Gasteiger partial charge in [-0.2, -0.15) is 5.10 Å². The van der Waals surface area contributed by atoms with Gasteiger partial charge in [0.15, 0.2) is 5.65 Å². The summed E-state index contributed by atoms with van der Waals surface area (Å²) in [6, 6.07) is 3.68. The van der Waals surface area contributed by atoms with Gasteiger partial charge < -0.3 is 10.2 Å². The molecule has 0 bridgehead atoms. The Morgan fingerprint density at radius 3 is 2.81 bits per heavy atom. The van der Waals surface area contributed by atoms with Crippen LogP contribution in [0.1, 0.15) is 6.42 Å². The first kappa shape index (κ1) is 16.4.